The first-order valence-corrected chi connectivity index (χ1v) is 7.03. The Hall–Kier alpha value is -2.24. The summed E-state index contributed by atoms with van der Waals surface area (Å²) >= 11 is 0. The van der Waals surface area contributed by atoms with Gasteiger partial charge >= 0.3 is 0 Å². The van der Waals surface area contributed by atoms with Gasteiger partial charge in [-0.25, -0.2) is 0 Å². The second-order valence-electron chi connectivity index (χ2n) is 5.42. The van der Waals surface area contributed by atoms with Gasteiger partial charge in [-0.2, -0.15) is 0 Å². The van der Waals surface area contributed by atoms with Gasteiger partial charge in [0, 0.05) is 26.6 Å². The molecule has 2 amide bonds. The lowest BCUT2D eigenvalue weighted by Crippen LogP contribution is -2.43. The van der Waals surface area contributed by atoms with Gasteiger partial charge in [-0.15, -0.1) is 0 Å². The van der Waals surface area contributed by atoms with E-state index in [9.17, 15) is 9.59 Å². The number of ether oxygens (including phenoxy) is 2. The van der Waals surface area contributed by atoms with Crippen molar-refractivity contribution in [2.45, 2.75) is 19.4 Å². The van der Waals surface area contributed by atoms with Crippen LogP contribution in [-0.4, -0.2) is 37.1 Å². The second-order valence-corrected chi connectivity index (χ2v) is 5.42. The zero-order valence-corrected chi connectivity index (χ0v) is 11.9. The highest BCUT2D eigenvalue weighted by molar-refractivity contribution is 5.83. The van der Waals surface area contributed by atoms with Crippen LogP contribution in [0.25, 0.3) is 0 Å². The van der Waals surface area contributed by atoms with Gasteiger partial charge in [0.15, 0.2) is 11.5 Å². The minimum atomic E-state index is -0.123. The van der Waals surface area contributed by atoms with Gasteiger partial charge in [-0.1, -0.05) is 6.07 Å². The first-order chi connectivity index (χ1) is 10.1. The van der Waals surface area contributed by atoms with Crippen molar-refractivity contribution < 1.29 is 19.1 Å². The van der Waals surface area contributed by atoms with Crippen molar-refractivity contribution in [1.29, 1.82) is 0 Å². The standard InChI is InChI=1S/C15H18N2O4/c1-17(15(19)11-3-5-14(18)16-7-11)8-10-2-4-12-13(6-10)21-9-20-12/h2,4,6,11H,3,5,7-9H2,1H3,(H,16,18). The number of hydrogen-bond donors (Lipinski definition) is 1. The molecule has 1 N–H and O–H groups in total. The van der Waals surface area contributed by atoms with E-state index in [0.717, 1.165) is 17.1 Å². The average Bonchev–Trinajstić information content (AvgIpc) is 2.95. The van der Waals surface area contributed by atoms with Crippen molar-refractivity contribution in [2.24, 2.45) is 5.92 Å². The summed E-state index contributed by atoms with van der Waals surface area (Å²) in [5, 5.41) is 2.74. The van der Waals surface area contributed by atoms with Gasteiger partial charge < -0.3 is 19.7 Å². The third kappa shape index (κ3) is 2.94. The van der Waals surface area contributed by atoms with Gasteiger partial charge in [0.1, 0.15) is 0 Å². The molecule has 1 saturated heterocycles. The lowest BCUT2D eigenvalue weighted by atomic mass is 9.97. The summed E-state index contributed by atoms with van der Waals surface area (Å²) in [7, 11) is 1.78. The number of amides is 2. The van der Waals surface area contributed by atoms with Crippen LogP contribution in [0, 0.1) is 5.92 Å². The summed E-state index contributed by atoms with van der Waals surface area (Å²) in [6, 6.07) is 5.69. The van der Waals surface area contributed by atoms with E-state index in [-0.39, 0.29) is 24.5 Å². The first-order valence-electron chi connectivity index (χ1n) is 7.03. The topological polar surface area (TPSA) is 67.9 Å². The van der Waals surface area contributed by atoms with E-state index in [2.05, 4.69) is 5.32 Å². The van der Waals surface area contributed by atoms with E-state index >= 15 is 0 Å². The Morgan fingerprint density at radius 3 is 2.95 bits per heavy atom. The number of benzene rings is 1. The minimum Gasteiger partial charge on any atom is -0.454 e. The number of carbonyl (C=O) groups excluding carboxylic acids is 2. The van der Waals surface area contributed by atoms with E-state index < -0.39 is 0 Å². The largest absolute Gasteiger partial charge is 0.454 e. The zero-order chi connectivity index (χ0) is 14.8. The van der Waals surface area contributed by atoms with Crippen molar-refractivity contribution >= 4 is 11.8 Å². The lowest BCUT2D eigenvalue weighted by molar-refractivity contribution is -0.136. The van der Waals surface area contributed by atoms with Gasteiger partial charge in [-0.3, -0.25) is 9.59 Å². The molecule has 1 fully saturated rings. The number of rotatable bonds is 3. The molecule has 112 valence electrons. The third-order valence-electron chi connectivity index (χ3n) is 3.85. The Morgan fingerprint density at radius 1 is 1.38 bits per heavy atom. The smallest absolute Gasteiger partial charge is 0.231 e. The first kappa shape index (κ1) is 13.7. The molecule has 0 bridgehead atoms. The van der Waals surface area contributed by atoms with Crippen LogP contribution in [0.2, 0.25) is 0 Å². The molecule has 21 heavy (non-hydrogen) atoms. The number of nitrogens with zero attached hydrogens (tertiary/aromatic N) is 1. The van der Waals surface area contributed by atoms with E-state index in [1.807, 2.05) is 18.2 Å². The molecule has 1 atom stereocenters. The lowest BCUT2D eigenvalue weighted by Gasteiger charge is -2.26. The highest BCUT2D eigenvalue weighted by Crippen LogP contribution is 2.32. The summed E-state index contributed by atoms with van der Waals surface area (Å²) in [4.78, 5) is 25.2. The van der Waals surface area contributed by atoms with Crippen LogP contribution in [0.15, 0.2) is 18.2 Å². The minimum absolute atomic E-state index is 0.0254. The molecule has 1 aromatic carbocycles. The van der Waals surface area contributed by atoms with Gasteiger partial charge in [0.25, 0.3) is 0 Å². The molecule has 0 saturated carbocycles. The molecule has 6 nitrogen and oxygen atoms in total. The molecule has 0 spiro atoms. The highest BCUT2D eigenvalue weighted by Gasteiger charge is 2.27. The Balaban J connectivity index is 1.61. The van der Waals surface area contributed by atoms with Gasteiger partial charge in [-0.05, 0) is 24.1 Å². The molecular formula is C15H18N2O4. The number of fused-ring (bicyclic) bond motifs is 1. The molecular weight excluding hydrogens is 272 g/mol. The molecule has 2 aliphatic heterocycles. The van der Waals surface area contributed by atoms with Crippen LogP contribution in [-0.2, 0) is 16.1 Å². The molecule has 6 heteroatoms. The molecule has 1 unspecified atom stereocenters. The van der Waals surface area contributed by atoms with Gasteiger partial charge in [0.05, 0.1) is 5.92 Å². The normalized spacial score (nSPS) is 20.0. The zero-order valence-electron chi connectivity index (χ0n) is 11.9. The maximum Gasteiger partial charge on any atom is 0.231 e. The predicted octanol–water partition coefficient (Wildman–Crippen LogP) is 0.900. The summed E-state index contributed by atoms with van der Waals surface area (Å²) in [5.41, 5.74) is 0.995. The summed E-state index contributed by atoms with van der Waals surface area (Å²) < 4.78 is 10.6. The van der Waals surface area contributed by atoms with E-state index in [4.69, 9.17) is 9.47 Å². The third-order valence-corrected chi connectivity index (χ3v) is 3.85. The summed E-state index contributed by atoms with van der Waals surface area (Å²) in [6.45, 7) is 1.19. The second kappa shape index (κ2) is 5.63. The van der Waals surface area contributed by atoms with E-state index in [1.54, 1.807) is 11.9 Å². The SMILES string of the molecule is CN(Cc1ccc2c(c1)OCO2)C(=O)C1CCC(=O)NC1. The van der Waals surface area contributed by atoms with Crippen LogP contribution in [0.1, 0.15) is 18.4 Å². The van der Waals surface area contributed by atoms with Crippen LogP contribution in [0.3, 0.4) is 0 Å². The average molecular weight is 290 g/mol. The summed E-state index contributed by atoms with van der Waals surface area (Å²) in [5.74, 6) is 1.42. The molecule has 2 aliphatic rings. The molecule has 0 aliphatic carbocycles. The van der Waals surface area contributed by atoms with Crippen molar-refractivity contribution in [1.82, 2.24) is 10.2 Å². The van der Waals surface area contributed by atoms with Crippen LogP contribution < -0.4 is 14.8 Å². The highest BCUT2D eigenvalue weighted by atomic mass is 16.7. The summed E-state index contributed by atoms with van der Waals surface area (Å²) in [6.07, 6.45) is 1.05. The molecule has 2 heterocycles. The Morgan fingerprint density at radius 2 is 2.19 bits per heavy atom. The Kier molecular flexibility index (Phi) is 3.68. The van der Waals surface area contributed by atoms with Gasteiger partial charge in [0.2, 0.25) is 18.6 Å². The molecule has 3 rings (SSSR count). The van der Waals surface area contributed by atoms with Crippen molar-refractivity contribution in [3.8, 4) is 11.5 Å². The van der Waals surface area contributed by atoms with E-state index in [1.165, 1.54) is 0 Å². The quantitative estimate of drug-likeness (QED) is 0.898. The number of hydrogen-bond acceptors (Lipinski definition) is 4. The number of nitrogens with one attached hydrogen (secondary N) is 1. The fourth-order valence-corrected chi connectivity index (χ4v) is 2.65. The van der Waals surface area contributed by atoms with Crippen LogP contribution >= 0.6 is 0 Å². The van der Waals surface area contributed by atoms with Crippen molar-refractivity contribution in [3.63, 3.8) is 0 Å². The maximum atomic E-state index is 12.4. The van der Waals surface area contributed by atoms with Crippen LogP contribution in [0.4, 0.5) is 0 Å². The fraction of sp³-hybridized carbons (Fsp3) is 0.467. The Labute approximate surface area is 123 Å². The number of carbonyl (C=O) groups is 2. The fourth-order valence-electron chi connectivity index (χ4n) is 2.65. The molecule has 0 aromatic heterocycles. The molecule has 1 aromatic rings. The Bertz CT molecular complexity index is 563. The van der Waals surface area contributed by atoms with Crippen LogP contribution in [0.5, 0.6) is 11.5 Å². The van der Waals surface area contributed by atoms with E-state index in [0.29, 0.717) is 25.9 Å². The van der Waals surface area contributed by atoms with Crippen molar-refractivity contribution in [2.75, 3.05) is 20.4 Å². The maximum absolute atomic E-state index is 12.4. The molecule has 0 radical (unpaired) electrons. The monoisotopic (exact) mass is 290 g/mol. The van der Waals surface area contributed by atoms with Crippen molar-refractivity contribution in [3.05, 3.63) is 23.8 Å². The number of piperidine rings is 1. The predicted molar refractivity (Wildman–Crippen MR) is 74.8 cm³/mol.